The number of carbonyl (C=O) groups excluding carboxylic acids is 1. The van der Waals surface area contributed by atoms with Crippen LogP contribution in [0.5, 0.6) is 0 Å². The first-order chi connectivity index (χ1) is 10.8. The van der Waals surface area contributed by atoms with Gasteiger partial charge in [-0.2, -0.15) is 0 Å². The van der Waals surface area contributed by atoms with Crippen molar-refractivity contribution in [2.24, 2.45) is 0 Å². The molecule has 0 unspecified atom stereocenters. The highest BCUT2D eigenvalue weighted by molar-refractivity contribution is 5.75. The van der Waals surface area contributed by atoms with Crippen molar-refractivity contribution in [3.8, 4) is 0 Å². The van der Waals surface area contributed by atoms with Gasteiger partial charge in [0.1, 0.15) is 24.4 Å². The molecule has 0 saturated heterocycles. The van der Waals surface area contributed by atoms with Gasteiger partial charge in [-0.25, -0.2) is 0 Å². The molecule has 0 fully saturated rings. The molecule has 0 heterocycles. The lowest BCUT2D eigenvalue weighted by Crippen LogP contribution is -2.49. The van der Waals surface area contributed by atoms with Gasteiger partial charge in [0.2, 0.25) is 5.91 Å². The Morgan fingerprint density at radius 1 is 0.913 bits per heavy atom. The van der Waals surface area contributed by atoms with E-state index in [2.05, 4.69) is 6.92 Å². The molecule has 0 bridgehead atoms. The molecule has 1 amide bonds. The molecule has 0 aliphatic rings. The van der Waals surface area contributed by atoms with Gasteiger partial charge in [-0.15, -0.1) is 0 Å². The highest BCUT2D eigenvalue weighted by Gasteiger charge is 2.31. The predicted molar refractivity (Wildman–Crippen MR) is 86.7 cm³/mol. The summed E-state index contributed by atoms with van der Waals surface area (Å²) in [6.07, 6.45) is 0.593. The zero-order chi connectivity index (χ0) is 17.8. The number of aliphatic hydroxyl groups excluding tert-OH is 5. The van der Waals surface area contributed by atoms with Crippen molar-refractivity contribution in [3.63, 3.8) is 0 Å². The molecule has 0 spiro atoms. The molecule has 5 N–H and O–H groups in total. The van der Waals surface area contributed by atoms with E-state index in [-0.39, 0.29) is 12.5 Å². The summed E-state index contributed by atoms with van der Waals surface area (Å²) in [6, 6.07) is 0. The van der Waals surface area contributed by atoms with Gasteiger partial charge in [0.15, 0.2) is 0 Å². The van der Waals surface area contributed by atoms with Crippen LogP contribution in [0.15, 0.2) is 0 Å². The Morgan fingerprint density at radius 2 is 1.43 bits per heavy atom. The van der Waals surface area contributed by atoms with Gasteiger partial charge in [0.25, 0.3) is 0 Å². The van der Waals surface area contributed by atoms with Gasteiger partial charge < -0.3 is 30.4 Å². The van der Waals surface area contributed by atoms with Crippen molar-refractivity contribution in [2.45, 2.75) is 76.3 Å². The van der Waals surface area contributed by atoms with Crippen LogP contribution in [-0.4, -0.2) is 81.0 Å². The molecule has 0 radical (unpaired) electrons. The van der Waals surface area contributed by atoms with Crippen molar-refractivity contribution in [1.29, 1.82) is 0 Å². The Labute approximate surface area is 138 Å². The SMILES string of the molecule is CCCCCCCCC(=O)N(C)C[C@H](O)[C@@H](O)[C@@H](O)[C@@H](O)CO. The fraction of sp³-hybridized carbons (Fsp3) is 0.938. The van der Waals surface area contributed by atoms with Crippen LogP contribution in [0.2, 0.25) is 0 Å². The van der Waals surface area contributed by atoms with Crippen LogP contribution < -0.4 is 0 Å². The average Bonchev–Trinajstić information content (AvgIpc) is 2.55. The smallest absolute Gasteiger partial charge is 0.222 e. The van der Waals surface area contributed by atoms with Crippen molar-refractivity contribution in [1.82, 2.24) is 4.90 Å². The predicted octanol–water partition coefficient (Wildman–Crippen LogP) is -0.369. The van der Waals surface area contributed by atoms with E-state index in [1.807, 2.05) is 0 Å². The van der Waals surface area contributed by atoms with Crippen molar-refractivity contribution >= 4 is 5.91 Å². The number of aliphatic hydroxyl groups is 5. The number of likely N-dealkylation sites (N-methyl/N-ethyl adjacent to an activating group) is 1. The second-order valence-electron chi connectivity index (χ2n) is 6.09. The Hall–Kier alpha value is -0.730. The lowest BCUT2D eigenvalue weighted by atomic mass is 10.0. The third-order valence-electron chi connectivity index (χ3n) is 3.96. The number of hydrogen-bond donors (Lipinski definition) is 5. The maximum absolute atomic E-state index is 11.9. The molecule has 23 heavy (non-hydrogen) atoms. The van der Waals surface area contributed by atoms with Crippen molar-refractivity contribution in [3.05, 3.63) is 0 Å². The molecule has 4 atom stereocenters. The highest BCUT2D eigenvalue weighted by Crippen LogP contribution is 2.10. The van der Waals surface area contributed by atoms with Crippen LogP contribution in [0.1, 0.15) is 51.9 Å². The number of hydrogen-bond acceptors (Lipinski definition) is 6. The minimum Gasteiger partial charge on any atom is -0.394 e. The second-order valence-corrected chi connectivity index (χ2v) is 6.09. The summed E-state index contributed by atoms with van der Waals surface area (Å²) >= 11 is 0. The second kappa shape index (κ2) is 12.7. The molecule has 7 nitrogen and oxygen atoms in total. The molecule has 0 saturated carbocycles. The van der Waals surface area contributed by atoms with Crippen LogP contribution in [0.3, 0.4) is 0 Å². The molecule has 0 aromatic heterocycles. The fourth-order valence-corrected chi connectivity index (χ4v) is 2.30. The summed E-state index contributed by atoms with van der Waals surface area (Å²) in [5.41, 5.74) is 0. The summed E-state index contributed by atoms with van der Waals surface area (Å²) in [5, 5.41) is 47.0. The summed E-state index contributed by atoms with van der Waals surface area (Å²) in [7, 11) is 1.52. The Balaban J connectivity index is 4.05. The lowest BCUT2D eigenvalue weighted by Gasteiger charge is -2.28. The van der Waals surface area contributed by atoms with E-state index < -0.39 is 31.0 Å². The van der Waals surface area contributed by atoms with E-state index in [0.29, 0.717) is 6.42 Å². The molecule has 0 aliphatic carbocycles. The van der Waals surface area contributed by atoms with Gasteiger partial charge in [-0.3, -0.25) is 4.79 Å². The minimum absolute atomic E-state index is 0.135. The van der Waals surface area contributed by atoms with Crippen molar-refractivity contribution in [2.75, 3.05) is 20.2 Å². The number of unbranched alkanes of at least 4 members (excludes halogenated alkanes) is 5. The quantitative estimate of drug-likeness (QED) is 0.293. The van der Waals surface area contributed by atoms with Gasteiger partial charge in [-0.1, -0.05) is 39.0 Å². The third kappa shape index (κ3) is 9.22. The molecule has 0 aromatic rings. The number of amides is 1. The first-order valence-corrected chi connectivity index (χ1v) is 8.42. The maximum atomic E-state index is 11.9. The first kappa shape index (κ1) is 22.3. The molecular formula is C16H33NO6. The van der Waals surface area contributed by atoms with Crippen LogP contribution in [0, 0.1) is 0 Å². The van der Waals surface area contributed by atoms with E-state index in [9.17, 15) is 25.2 Å². The van der Waals surface area contributed by atoms with Gasteiger partial charge in [-0.05, 0) is 6.42 Å². The average molecular weight is 335 g/mol. The van der Waals surface area contributed by atoms with Crippen LogP contribution in [0.25, 0.3) is 0 Å². The van der Waals surface area contributed by atoms with Gasteiger partial charge >= 0.3 is 0 Å². The van der Waals surface area contributed by atoms with E-state index >= 15 is 0 Å². The van der Waals surface area contributed by atoms with E-state index in [4.69, 9.17) is 5.11 Å². The number of nitrogens with zero attached hydrogens (tertiary/aromatic N) is 1. The maximum Gasteiger partial charge on any atom is 0.222 e. The molecule has 138 valence electrons. The van der Waals surface area contributed by atoms with E-state index in [1.165, 1.54) is 31.2 Å². The van der Waals surface area contributed by atoms with E-state index in [1.54, 1.807) is 0 Å². The first-order valence-electron chi connectivity index (χ1n) is 8.42. The highest BCUT2D eigenvalue weighted by atomic mass is 16.4. The zero-order valence-electron chi connectivity index (χ0n) is 14.3. The standard InChI is InChI=1S/C16H33NO6/c1-3-4-5-6-7-8-9-14(21)17(2)10-12(19)15(22)16(23)13(20)11-18/h12-13,15-16,18-20,22-23H,3-11H2,1-2H3/t12-,13-,15+,16-/m0/s1. The lowest BCUT2D eigenvalue weighted by molar-refractivity contribution is -0.138. The van der Waals surface area contributed by atoms with E-state index in [0.717, 1.165) is 19.3 Å². The zero-order valence-corrected chi connectivity index (χ0v) is 14.3. The monoisotopic (exact) mass is 335 g/mol. The Morgan fingerprint density at radius 3 is 2.00 bits per heavy atom. The molecule has 0 aliphatic heterocycles. The van der Waals surface area contributed by atoms with Gasteiger partial charge in [0, 0.05) is 20.0 Å². The van der Waals surface area contributed by atoms with Crippen LogP contribution in [0.4, 0.5) is 0 Å². The summed E-state index contributed by atoms with van der Waals surface area (Å²) in [6.45, 7) is 1.28. The van der Waals surface area contributed by atoms with Crippen molar-refractivity contribution < 1.29 is 30.3 Å². The number of carbonyl (C=O) groups is 1. The van der Waals surface area contributed by atoms with Crippen LogP contribution in [-0.2, 0) is 4.79 Å². The van der Waals surface area contributed by atoms with Crippen LogP contribution >= 0.6 is 0 Å². The summed E-state index contributed by atoms with van der Waals surface area (Å²) in [5.74, 6) is -0.135. The molecule has 0 aromatic carbocycles. The summed E-state index contributed by atoms with van der Waals surface area (Å²) < 4.78 is 0. The molecule has 0 rings (SSSR count). The molecule has 7 heteroatoms. The van der Waals surface area contributed by atoms with Gasteiger partial charge in [0.05, 0.1) is 6.61 Å². The fourth-order valence-electron chi connectivity index (χ4n) is 2.30. The topological polar surface area (TPSA) is 121 Å². The number of rotatable bonds is 13. The minimum atomic E-state index is -1.67. The molecular weight excluding hydrogens is 302 g/mol. The summed E-state index contributed by atoms with van der Waals surface area (Å²) in [4.78, 5) is 13.2. The largest absolute Gasteiger partial charge is 0.394 e. The third-order valence-corrected chi connectivity index (χ3v) is 3.96. The normalized spacial score (nSPS) is 16.7. The Bertz CT molecular complexity index is 315. The Kier molecular flexibility index (Phi) is 12.3.